The number of rotatable bonds is 5. The first-order chi connectivity index (χ1) is 13.7. The van der Waals surface area contributed by atoms with Gasteiger partial charge in [-0.25, -0.2) is 0 Å². The predicted octanol–water partition coefficient (Wildman–Crippen LogP) is 5.62. The molecule has 3 heteroatoms. The van der Waals surface area contributed by atoms with E-state index in [2.05, 4.69) is 96.9 Å². The molecule has 0 amide bonds. The lowest BCUT2D eigenvalue weighted by Gasteiger charge is -2.33. The van der Waals surface area contributed by atoms with Crippen LogP contribution in [0.4, 0.5) is 11.4 Å². The van der Waals surface area contributed by atoms with Gasteiger partial charge in [0.2, 0.25) is 0 Å². The first kappa shape index (κ1) is 18.7. The summed E-state index contributed by atoms with van der Waals surface area (Å²) in [5.41, 5.74) is 7.42. The summed E-state index contributed by atoms with van der Waals surface area (Å²) in [7, 11) is 0. The zero-order valence-corrected chi connectivity index (χ0v) is 16.7. The van der Waals surface area contributed by atoms with Crippen molar-refractivity contribution in [1.29, 1.82) is 0 Å². The first-order valence-electron chi connectivity index (χ1n) is 10.00. The molecule has 144 valence electrons. The van der Waals surface area contributed by atoms with Gasteiger partial charge in [-0.05, 0) is 48.2 Å². The number of nitrogens with zero attached hydrogens (tertiary/aromatic N) is 1. The molecule has 1 aliphatic rings. The molecule has 1 fully saturated rings. The highest BCUT2D eigenvalue weighted by atomic mass is 16.5. The van der Waals surface area contributed by atoms with Crippen molar-refractivity contribution < 1.29 is 4.74 Å². The Hall–Kier alpha value is -2.62. The van der Waals surface area contributed by atoms with E-state index in [4.69, 9.17) is 4.74 Å². The van der Waals surface area contributed by atoms with Gasteiger partial charge >= 0.3 is 0 Å². The molecule has 4 rings (SSSR count). The molecule has 0 saturated carbocycles. The van der Waals surface area contributed by atoms with Gasteiger partial charge in [0, 0.05) is 31.0 Å². The lowest BCUT2D eigenvalue weighted by Crippen LogP contribution is -2.37. The van der Waals surface area contributed by atoms with Crippen molar-refractivity contribution in [3.63, 3.8) is 0 Å². The second-order valence-electron chi connectivity index (χ2n) is 7.59. The standard InChI is InChI=1S/C25H28N2O/c1-19-7-6-8-20(2)25(19)26-23-13-11-22(12-14-23)24-18-27(15-16-28-24)17-21-9-4-3-5-10-21/h3-14,24,26H,15-18H2,1-2H3. The van der Waals surface area contributed by atoms with Crippen LogP contribution in [-0.2, 0) is 11.3 Å². The second kappa shape index (κ2) is 8.59. The number of hydrogen-bond donors (Lipinski definition) is 1. The van der Waals surface area contributed by atoms with E-state index < -0.39 is 0 Å². The van der Waals surface area contributed by atoms with E-state index in [0.717, 1.165) is 31.9 Å². The minimum Gasteiger partial charge on any atom is -0.371 e. The largest absolute Gasteiger partial charge is 0.371 e. The number of para-hydroxylation sites is 1. The Balaban J connectivity index is 1.42. The number of morpholine rings is 1. The van der Waals surface area contributed by atoms with Crippen molar-refractivity contribution in [2.24, 2.45) is 0 Å². The fourth-order valence-corrected chi connectivity index (χ4v) is 3.83. The van der Waals surface area contributed by atoms with E-state index in [1.165, 1.54) is 27.9 Å². The van der Waals surface area contributed by atoms with Crippen LogP contribution in [-0.4, -0.2) is 24.6 Å². The van der Waals surface area contributed by atoms with Crippen LogP contribution in [0.15, 0.2) is 72.8 Å². The Morgan fingerprint density at radius 1 is 0.893 bits per heavy atom. The number of aryl methyl sites for hydroxylation is 2. The molecule has 0 aliphatic carbocycles. The van der Waals surface area contributed by atoms with Gasteiger partial charge in [-0.2, -0.15) is 0 Å². The van der Waals surface area contributed by atoms with Crippen LogP contribution in [0.3, 0.4) is 0 Å². The molecule has 0 aromatic heterocycles. The van der Waals surface area contributed by atoms with Crippen molar-refractivity contribution in [3.05, 3.63) is 95.1 Å². The maximum Gasteiger partial charge on any atom is 0.0952 e. The topological polar surface area (TPSA) is 24.5 Å². The Bertz CT molecular complexity index is 885. The fourth-order valence-electron chi connectivity index (χ4n) is 3.83. The van der Waals surface area contributed by atoms with E-state index in [1.807, 2.05) is 0 Å². The van der Waals surface area contributed by atoms with E-state index in [0.29, 0.717) is 0 Å². The minimum absolute atomic E-state index is 0.131. The molecule has 1 N–H and O–H groups in total. The smallest absolute Gasteiger partial charge is 0.0952 e. The summed E-state index contributed by atoms with van der Waals surface area (Å²) in [6.45, 7) is 7.95. The maximum atomic E-state index is 6.07. The molecule has 0 radical (unpaired) electrons. The zero-order valence-electron chi connectivity index (χ0n) is 16.7. The first-order valence-corrected chi connectivity index (χ1v) is 10.00. The third-order valence-electron chi connectivity index (χ3n) is 5.43. The van der Waals surface area contributed by atoms with Crippen molar-refractivity contribution in [2.45, 2.75) is 26.5 Å². The van der Waals surface area contributed by atoms with Crippen LogP contribution in [0.2, 0.25) is 0 Å². The molecule has 1 atom stereocenters. The predicted molar refractivity (Wildman–Crippen MR) is 116 cm³/mol. The third kappa shape index (κ3) is 4.44. The molecule has 1 saturated heterocycles. The average Bonchev–Trinajstić information content (AvgIpc) is 2.72. The zero-order chi connectivity index (χ0) is 19.3. The van der Waals surface area contributed by atoms with Crippen LogP contribution in [0.25, 0.3) is 0 Å². The second-order valence-corrected chi connectivity index (χ2v) is 7.59. The summed E-state index contributed by atoms with van der Waals surface area (Å²) >= 11 is 0. The van der Waals surface area contributed by atoms with Crippen LogP contribution in [0.5, 0.6) is 0 Å². The minimum atomic E-state index is 0.131. The molecule has 3 nitrogen and oxygen atoms in total. The number of benzene rings is 3. The quantitative estimate of drug-likeness (QED) is 0.629. The van der Waals surface area contributed by atoms with Gasteiger partial charge in [-0.3, -0.25) is 4.90 Å². The van der Waals surface area contributed by atoms with Crippen molar-refractivity contribution in [2.75, 3.05) is 25.0 Å². The van der Waals surface area contributed by atoms with Crippen LogP contribution in [0.1, 0.15) is 28.4 Å². The molecular formula is C25H28N2O. The third-order valence-corrected chi connectivity index (χ3v) is 5.43. The van der Waals surface area contributed by atoms with Gasteiger partial charge in [-0.15, -0.1) is 0 Å². The normalized spacial score (nSPS) is 17.4. The monoisotopic (exact) mass is 372 g/mol. The van der Waals surface area contributed by atoms with Gasteiger partial charge in [-0.1, -0.05) is 60.7 Å². The van der Waals surface area contributed by atoms with Crippen LogP contribution < -0.4 is 5.32 Å². The number of anilines is 2. The molecule has 1 heterocycles. The van der Waals surface area contributed by atoms with Crippen molar-refractivity contribution in [1.82, 2.24) is 4.90 Å². The Kier molecular flexibility index (Phi) is 5.75. The highest BCUT2D eigenvalue weighted by Gasteiger charge is 2.22. The molecule has 1 unspecified atom stereocenters. The molecular weight excluding hydrogens is 344 g/mol. The molecule has 3 aromatic rings. The summed E-state index contributed by atoms with van der Waals surface area (Å²) in [6, 6.07) is 25.7. The molecule has 1 aliphatic heterocycles. The Labute approximate surface area is 168 Å². The average molecular weight is 373 g/mol. The van der Waals surface area contributed by atoms with E-state index in [1.54, 1.807) is 0 Å². The Morgan fingerprint density at radius 2 is 1.61 bits per heavy atom. The highest BCUT2D eigenvalue weighted by molar-refractivity contribution is 5.66. The molecule has 0 spiro atoms. The summed E-state index contributed by atoms with van der Waals surface area (Å²) in [6.07, 6.45) is 0.131. The fraction of sp³-hybridized carbons (Fsp3) is 0.280. The van der Waals surface area contributed by atoms with Gasteiger partial charge in [0.05, 0.1) is 12.7 Å². The summed E-state index contributed by atoms with van der Waals surface area (Å²) in [5.74, 6) is 0. The lowest BCUT2D eigenvalue weighted by molar-refractivity contribution is -0.0329. The molecule has 3 aromatic carbocycles. The van der Waals surface area contributed by atoms with Gasteiger partial charge in [0.15, 0.2) is 0 Å². The van der Waals surface area contributed by atoms with Gasteiger partial charge < -0.3 is 10.1 Å². The SMILES string of the molecule is Cc1cccc(C)c1Nc1ccc(C2CN(Cc3ccccc3)CCO2)cc1. The number of ether oxygens (including phenoxy) is 1. The maximum absolute atomic E-state index is 6.07. The highest BCUT2D eigenvalue weighted by Crippen LogP contribution is 2.27. The van der Waals surface area contributed by atoms with E-state index in [-0.39, 0.29) is 6.10 Å². The molecule has 28 heavy (non-hydrogen) atoms. The lowest BCUT2D eigenvalue weighted by atomic mass is 10.1. The van der Waals surface area contributed by atoms with Crippen LogP contribution >= 0.6 is 0 Å². The van der Waals surface area contributed by atoms with Crippen LogP contribution in [0, 0.1) is 13.8 Å². The Morgan fingerprint density at radius 3 is 2.32 bits per heavy atom. The molecule has 0 bridgehead atoms. The number of nitrogens with one attached hydrogen (secondary N) is 1. The summed E-state index contributed by atoms with van der Waals surface area (Å²) < 4.78 is 6.07. The van der Waals surface area contributed by atoms with Gasteiger partial charge in [0.1, 0.15) is 0 Å². The van der Waals surface area contributed by atoms with Gasteiger partial charge in [0.25, 0.3) is 0 Å². The summed E-state index contributed by atoms with van der Waals surface area (Å²) in [4.78, 5) is 2.48. The van der Waals surface area contributed by atoms with E-state index >= 15 is 0 Å². The summed E-state index contributed by atoms with van der Waals surface area (Å²) in [5, 5.41) is 3.56. The number of hydrogen-bond acceptors (Lipinski definition) is 3. The van der Waals surface area contributed by atoms with Crippen molar-refractivity contribution >= 4 is 11.4 Å². The van der Waals surface area contributed by atoms with E-state index in [9.17, 15) is 0 Å². The van der Waals surface area contributed by atoms with Crippen molar-refractivity contribution in [3.8, 4) is 0 Å².